The van der Waals surface area contributed by atoms with E-state index in [4.69, 9.17) is 16.3 Å². The van der Waals surface area contributed by atoms with Crippen molar-refractivity contribution < 1.29 is 14.5 Å². The lowest BCUT2D eigenvalue weighted by atomic mass is 10.3. The van der Waals surface area contributed by atoms with Gasteiger partial charge in [0.05, 0.1) is 34.0 Å². The van der Waals surface area contributed by atoms with Gasteiger partial charge in [-0.05, 0) is 13.0 Å². The number of non-ortho nitro benzene ring substituents is 1. The van der Waals surface area contributed by atoms with E-state index in [0.717, 1.165) is 0 Å². The molecule has 0 amide bonds. The van der Waals surface area contributed by atoms with Crippen LogP contribution in [0.1, 0.15) is 17.3 Å². The summed E-state index contributed by atoms with van der Waals surface area (Å²) in [6, 6.07) is 4.00. The Kier molecular flexibility index (Phi) is 3.99. The molecular weight excluding hydrogens is 286 g/mol. The summed E-state index contributed by atoms with van der Waals surface area (Å²) in [5, 5.41) is 14.8. The summed E-state index contributed by atoms with van der Waals surface area (Å²) in [6.45, 7) is 1.97. The molecule has 104 valence electrons. The van der Waals surface area contributed by atoms with Crippen LogP contribution in [0.15, 0.2) is 30.6 Å². The minimum absolute atomic E-state index is 0.114. The number of esters is 1. The third kappa shape index (κ3) is 2.77. The van der Waals surface area contributed by atoms with Gasteiger partial charge in [0.2, 0.25) is 0 Å². The number of aromatic nitrogens is 2. The van der Waals surface area contributed by atoms with Crippen molar-refractivity contribution in [1.29, 1.82) is 0 Å². The van der Waals surface area contributed by atoms with Crippen molar-refractivity contribution in [3.63, 3.8) is 0 Å². The third-order valence-electron chi connectivity index (χ3n) is 2.48. The van der Waals surface area contributed by atoms with Crippen molar-refractivity contribution in [3.8, 4) is 5.69 Å². The first kappa shape index (κ1) is 14.0. The molecule has 0 bridgehead atoms. The molecule has 0 radical (unpaired) electrons. The molecule has 2 rings (SSSR count). The zero-order valence-electron chi connectivity index (χ0n) is 10.4. The highest BCUT2D eigenvalue weighted by Crippen LogP contribution is 2.25. The second kappa shape index (κ2) is 5.70. The van der Waals surface area contributed by atoms with Crippen molar-refractivity contribution >= 4 is 23.3 Å². The van der Waals surface area contributed by atoms with E-state index in [-0.39, 0.29) is 22.9 Å². The molecule has 0 aliphatic carbocycles. The quantitative estimate of drug-likeness (QED) is 0.491. The van der Waals surface area contributed by atoms with Gasteiger partial charge in [0.25, 0.3) is 5.69 Å². The van der Waals surface area contributed by atoms with Gasteiger partial charge in [-0.2, -0.15) is 5.10 Å². The Morgan fingerprint density at radius 3 is 2.90 bits per heavy atom. The molecule has 8 heteroatoms. The number of nitrogens with zero attached hydrogens (tertiary/aromatic N) is 3. The minimum atomic E-state index is -0.539. The highest BCUT2D eigenvalue weighted by molar-refractivity contribution is 6.32. The van der Waals surface area contributed by atoms with Gasteiger partial charge in [-0.1, -0.05) is 11.6 Å². The van der Waals surface area contributed by atoms with Crippen LogP contribution < -0.4 is 0 Å². The maximum Gasteiger partial charge on any atom is 0.341 e. The van der Waals surface area contributed by atoms with Gasteiger partial charge in [-0.25, -0.2) is 9.48 Å². The monoisotopic (exact) mass is 295 g/mol. The molecule has 20 heavy (non-hydrogen) atoms. The summed E-state index contributed by atoms with van der Waals surface area (Å²) in [5.74, 6) is -0.489. The van der Waals surface area contributed by atoms with Gasteiger partial charge in [0.1, 0.15) is 0 Å². The molecule has 1 heterocycles. The molecule has 0 aliphatic heterocycles. The summed E-state index contributed by atoms with van der Waals surface area (Å²) in [5.41, 5.74) is 0.602. The smallest absolute Gasteiger partial charge is 0.341 e. The van der Waals surface area contributed by atoms with Crippen LogP contribution in [0.5, 0.6) is 0 Å². The van der Waals surface area contributed by atoms with Crippen LogP contribution in [0.4, 0.5) is 5.69 Å². The Morgan fingerprint density at radius 1 is 1.55 bits per heavy atom. The number of nitro groups is 1. The number of benzene rings is 1. The summed E-state index contributed by atoms with van der Waals surface area (Å²) >= 11 is 5.98. The number of nitro benzene ring substituents is 1. The summed E-state index contributed by atoms with van der Waals surface area (Å²) in [7, 11) is 0. The lowest BCUT2D eigenvalue weighted by Gasteiger charge is -2.03. The third-order valence-corrected chi connectivity index (χ3v) is 2.79. The van der Waals surface area contributed by atoms with Crippen LogP contribution in [0, 0.1) is 10.1 Å². The van der Waals surface area contributed by atoms with E-state index < -0.39 is 10.9 Å². The topological polar surface area (TPSA) is 87.3 Å². The van der Waals surface area contributed by atoms with Gasteiger partial charge < -0.3 is 4.74 Å². The van der Waals surface area contributed by atoms with Gasteiger partial charge in [-0.15, -0.1) is 0 Å². The molecular formula is C12H10ClN3O4. The van der Waals surface area contributed by atoms with E-state index >= 15 is 0 Å². The second-order valence-corrected chi connectivity index (χ2v) is 4.19. The van der Waals surface area contributed by atoms with Crippen LogP contribution in [-0.2, 0) is 4.74 Å². The van der Waals surface area contributed by atoms with E-state index in [2.05, 4.69) is 5.10 Å². The zero-order chi connectivity index (χ0) is 14.7. The van der Waals surface area contributed by atoms with Crippen LogP contribution in [-0.4, -0.2) is 27.3 Å². The lowest BCUT2D eigenvalue weighted by molar-refractivity contribution is -0.384. The van der Waals surface area contributed by atoms with Crippen molar-refractivity contribution in [2.75, 3.05) is 6.61 Å². The fraction of sp³-hybridized carbons (Fsp3) is 0.167. The molecule has 1 aromatic carbocycles. The molecule has 1 aromatic heterocycles. The zero-order valence-corrected chi connectivity index (χ0v) is 11.2. The molecule has 2 aromatic rings. The molecule has 0 saturated heterocycles. The van der Waals surface area contributed by atoms with E-state index in [1.807, 2.05) is 0 Å². The van der Waals surface area contributed by atoms with Crippen LogP contribution >= 0.6 is 11.6 Å². The largest absolute Gasteiger partial charge is 0.462 e. The molecule has 0 saturated carbocycles. The first-order valence-corrected chi connectivity index (χ1v) is 6.07. The average molecular weight is 296 g/mol. The Bertz CT molecular complexity index is 668. The number of hydrogen-bond acceptors (Lipinski definition) is 5. The summed E-state index contributed by atoms with van der Waals surface area (Å²) in [4.78, 5) is 21.6. The number of carbonyl (C=O) groups excluding carboxylic acids is 1. The van der Waals surface area contributed by atoms with Crippen LogP contribution in [0.25, 0.3) is 5.69 Å². The fourth-order valence-electron chi connectivity index (χ4n) is 1.57. The predicted molar refractivity (Wildman–Crippen MR) is 71.2 cm³/mol. The number of rotatable bonds is 4. The van der Waals surface area contributed by atoms with Crippen molar-refractivity contribution in [2.45, 2.75) is 6.92 Å². The summed E-state index contributed by atoms with van der Waals surface area (Å²) in [6.07, 6.45) is 2.79. The number of hydrogen-bond donors (Lipinski definition) is 0. The molecule has 0 N–H and O–H groups in total. The summed E-state index contributed by atoms with van der Waals surface area (Å²) < 4.78 is 6.20. The maximum absolute atomic E-state index is 11.5. The molecule has 0 aliphatic rings. The number of ether oxygens (including phenoxy) is 1. The normalized spacial score (nSPS) is 10.3. The van der Waals surface area contributed by atoms with E-state index in [0.29, 0.717) is 5.69 Å². The SMILES string of the molecule is CCOC(=O)c1cnn(-c2ccc([N+](=O)[O-])cc2Cl)c1. The highest BCUT2D eigenvalue weighted by Gasteiger charge is 2.14. The highest BCUT2D eigenvalue weighted by atomic mass is 35.5. The lowest BCUT2D eigenvalue weighted by Crippen LogP contribution is -2.03. The Labute approximate surface area is 118 Å². The maximum atomic E-state index is 11.5. The minimum Gasteiger partial charge on any atom is -0.462 e. The molecule has 7 nitrogen and oxygen atoms in total. The Morgan fingerprint density at radius 2 is 2.30 bits per heavy atom. The van der Waals surface area contributed by atoms with Crippen molar-refractivity contribution in [1.82, 2.24) is 9.78 Å². The van der Waals surface area contributed by atoms with Crippen LogP contribution in [0.2, 0.25) is 5.02 Å². The van der Waals surface area contributed by atoms with Gasteiger partial charge in [0.15, 0.2) is 0 Å². The van der Waals surface area contributed by atoms with E-state index in [9.17, 15) is 14.9 Å². The Balaban J connectivity index is 2.33. The van der Waals surface area contributed by atoms with Gasteiger partial charge >= 0.3 is 5.97 Å². The van der Waals surface area contributed by atoms with Gasteiger partial charge in [0, 0.05) is 18.3 Å². The van der Waals surface area contributed by atoms with Crippen molar-refractivity contribution in [2.24, 2.45) is 0 Å². The molecule has 0 fully saturated rings. The first-order valence-electron chi connectivity index (χ1n) is 5.69. The fourth-order valence-corrected chi connectivity index (χ4v) is 1.83. The average Bonchev–Trinajstić information content (AvgIpc) is 2.88. The van der Waals surface area contributed by atoms with Crippen molar-refractivity contribution in [3.05, 3.63) is 51.3 Å². The Hall–Kier alpha value is -2.41. The predicted octanol–water partition coefficient (Wildman–Crippen LogP) is 2.61. The standard InChI is InChI=1S/C12H10ClN3O4/c1-2-20-12(17)8-6-14-15(7-8)11-4-3-9(16(18)19)5-10(11)13/h3-7H,2H2,1H3. The van der Waals surface area contributed by atoms with Gasteiger partial charge in [-0.3, -0.25) is 10.1 Å². The molecule has 0 spiro atoms. The number of halogens is 1. The second-order valence-electron chi connectivity index (χ2n) is 3.79. The van der Waals surface area contributed by atoms with Crippen LogP contribution in [0.3, 0.4) is 0 Å². The van der Waals surface area contributed by atoms with E-state index in [1.165, 1.54) is 35.3 Å². The number of carbonyl (C=O) groups is 1. The molecule has 0 atom stereocenters. The van der Waals surface area contributed by atoms with E-state index in [1.54, 1.807) is 6.92 Å². The first-order chi connectivity index (χ1) is 9.52. The molecule has 0 unspecified atom stereocenters.